The average Bonchev–Trinajstić information content (AvgIpc) is 3.32. The molecule has 35 heavy (non-hydrogen) atoms. The summed E-state index contributed by atoms with van der Waals surface area (Å²) in [6, 6.07) is 27.3. The van der Waals surface area contributed by atoms with Gasteiger partial charge < -0.3 is 9.14 Å². The molecule has 5 rings (SSSR count). The van der Waals surface area contributed by atoms with Crippen LogP contribution in [0.25, 0.3) is 27.7 Å². The van der Waals surface area contributed by atoms with Crippen LogP contribution in [0.1, 0.15) is 51.6 Å². The quantitative estimate of drug-likeness (QED) is 0.182. The summed E-state index contributed by atoms with van der Waals surface area (Å²) in [5.74, 6) is 0.662. The van der Waals surface area contributed by atoms with Gasteiger partial charge in [0.15, 0.2) is 12.1 Å². The van der Waals surface area contributed by atoms with Crippen molar-refractivity contribution in [2.24, 2.45) is 0 Å². The van der Waals surface area contributed by atoms with Crippen molar-refractivity contribution in [2.75, 3.05) is 7.11 Å². The van der Waals surface area contributed by atoms with Gasteiger partial charge in [0.1, 0.15) is 5.75 Å². The lowest BCUT2D eigenvalue weighted by molar-refractivity contribution is 0.104. The second kappa shape index (κ2) is 9.59. The lowest BCUT2D eigenvalue weighted by Gasteiger charge is -2.11. The maximum absolute atomic E-state index is 13.8. The predicted octanol–water partition coefficient (Wildman–Crippen LogP) is 7.15. The Labute approximate surface area is 204 Å². The van der Waals surface area contributed by atoms with Crippen LogP contribution in [-0.2, 0) is 6.42 Å². The molecule has 0 bridgehead atoms. The highest BCUT2D eigenvalue weighted by atomic mass is 16.5. The molecule has 0 aliphatic heterocycles. The summed E-state index contributed by atoms with van der Waals surface area (Å²) in [6.45, 7) is 2.17. The van der Waals surface area contributed by atoms with E-state index in [0.29, 0.717) is 22.2 Å². The molecule has 0 fully saturated rings. The van der Waals surface area contributed by atoms with E-state index in [1.54, 1.807) is 7.11 Å². The standard InChI is InChI=1S/C31H27NO3/c1-3-4-7-21-10-12-23(13-11-21)31(34)27-19-29(22-14-16-26(35-2)17-15-22)32-28-9-6-5-8-24(28)18-25(20-33)30(27)32/h5-6,8-20H,3-4,7H2,1-2H3. The zero-order valence-corrected chi connectivity index (χ0v) is 20.0. The Morgan fingerprint density at radius 3 is 2.37 bits per heavy atom. The number of ketones is 1. The summed E-state index contributed by atoms with van der Waals surface area (Å²) in [6.07, 6.45) is 4.10. The minimum atomic E-state index is -0.0947. The normalized spacial score (nSPS) is 11.1. The third-order valence-corrected chi connectivity index (χ3v) is 6.56. The predicted molar refractivity (Wildman–Crippen MR) is 141 cm³/mol. The van der Waals surface area contributed by atoms with Crippen molar-refractivity contribution >= 4 is 28.5 Å². The molecule has 4 heteroatoms. The van der Waals surface area contributed by atoms with Crippen molar-refractivity contribution in [1.29, 1.82) is 0 Å². The highest BCUT2D eigenvalue weighted by molar-refractivity contribution is 6.17. The number of carbonyl (C=O) groups excluding carboxylic acids is 2. The van der Waals surface area contributed by atoms with E-state index < -0.39 is 0 Å². The Balaban J connectivity index is 1.74. The molecule has 0 amide bonds. The van der Waals surface area contributed by atoms with Gasteiger partial charge >= 0.3 is 0 Å². The maximum atomic E-state index is 13.8. The maximum Gasteiger partial charge on any atom is 0.195 e. The monoisotopic (exact) mass is 461 g/mol. The summed E-state index contributed by atoms with van der Waals surface area (Å²) < 4.78 is 7.36. The number of hydrogen-bond donors (Lipinski definition) is 0. The molecule has 3 aromatic carbocycles. The summed E-state index contributed by atoms with van der Waals surface area (Å²) in [4.78, 5) is 26.0. The number of unbranched alkanes of at least 4 members (excludes halogenated alkanes) is 1. The number of carbonyl (C=O) groups is 2. The van der Waals surface area contributed by atoms with Gasteiger partial charge in [-0.15, -0.1) is 0 Å². The van der Waals surface area contributed by atoms with Crippen LogP contribution in [-0.4, -0.2) is 23.6 Å². The largest absolute Gasteiger partial charge is 0.497 e. The summed E-state index contributed by atoms with van der Waals surface area (Å²) >= 11 is 0. The molecule has 0 saturated carbocycles. The molecule has 0 unspecified atom stereocenters. The van der Waals surface area contributed by atoms with Gasteiger partial charge in [-0.2, -0.15) is 0 Å². The molecule has 0 radical (unpaired) electrons. The smallest absolute Gasteiger partial charge is 0.195 e. The second-order valence-electron chi connectivity index (χ2n) is 8.76. The van der Waals surface area contributed by atoms with Gasteiger partial charge in [-0.05, 0) is 71.8 Å². The first-order valence-electron chi connectivity index (χ1n) is 11.9. The number of para-hydroxylation sites is 1. The summed E-state index contributed by atoms with van der Waals surface area (Å²) in [5.41, 5.74) is 6.20. The number of aldehydes is 1. The Morgan fingerprint density at radius 1 is 0.943 bits per heavy atom. The zero-order valence-electron chi connectivity index (χ0n) is 20.0. The molecular weight excluding hydrogens is 434 g/mol. The van der Waals surface area contributed by atoms with Gasteiger partial charge in [-0.1, -0.05) is 55.8 Å². The number of nitrogens with zero attached hydrogens (tertiary/aromatic N) is 1. The molecule has 0 saturated heterocycles. The lowest BCUT2D eigenvalue weighted by atomic mass is 9.99. The fraction of sp³-hybridized carbons (Fsp3) is 0.161. The first kappa shape index (κ1) is 22.6. The van der Waals surface area contributed by atoms with Gasteiger partial charge in [-0.25, -0.2) is 0 Å². The van der Waals surface area contributed by atoms with Crippen molar-refractivity contribution < 1.29 is 14.3 Å². The van der Waals surface area contributed by atoms with Gasteiger partial charge in [0.25, 0.3) is 0 Å². The molecule has 0 aliphatic rings. The minimum Gasteiger partial charge on any atom is -0.497 e. The third kappa shape index (κ3) is 4.12. The van der Waals surface area contributed by atoms with Crippen molar-refractivity contribution in [1.82, 2.24) is 4.40 Å². The lowest BCUT2D eigenvalue weighted by Crippen LogP contribution is -2.03. The number of aryl methyl sites for hydroxylation is 1. The van der Waals surface area contributed by atoms with Crippen molar-refractivity contribution in [3.05, 3.63) is 107 Å². The number of aromatic nitrogens is 1. The third-order valence-electron chi connectivity index (χ3n) is 6.56. The Kier molecular flexibility index (Phi) is 6.19. The molecule has 0 atom stereocenters. The average molecular weight is 462 g/mol. The summed E-state index contributed by atoms with van der Waals surface area (Å²) in [5, 5.41) is 0.937. The second-order valence-corrected chi connectivity index (χ2v) is 8.76. The molecule has 4 nitrogen and oxygen atoms in total. The van der Waals surface area contributed by atoms with Crippen LogP contribution < -0.4 is 4.74 Å². The van der Waals surface area contributed by atoms with Gasteiger partial charge in [0.05, 0.1) is 23.8 Å². The van der Waals surface area contributed by atoms with Crippen LogP contribution in [0.4, 0.5) is 0 Å². The number of ether oxygens (including phenoxy) is 1. The van der Waals surface area contributed by atoms with Crippen LogP contribution in [0.3, 0.4) is 0 Å². The molecule has 0 spiro atoms. The van der Waals surface area contributed by atoms with E-state index >= 15 is 0 Å². The van der Waals surface area contributed by atoms with Crippen LogP contribution in [0.5, 0.6) is 5.75 Å². The van der Waals surface area contributed by atoms with E-state index in [9.17, 15) is 9.59 Å². The first-order chi connectivity index (χ1) is 17.1. The van der Waals surface area contributed by atoms with Gasteiger partial charge in [0.2, 0.25) is 0 Å². The topological polar surface area (TPSA) is 47.8 Å². The van der Waals surface area contributed by atoms with Crippen molar-refractivity contribution in [2.45, 2.75) is 26.2 Å². The van der Waals surface area contributed by atoms with Crippen molar-refractivity contribution in [3.63, 3.8) is 0 Å². The van der Waals surface area contributed by atoms with E-state index in [0.717, 1.165) is 53.5 Å². The number of hydrogen-bond acceptors (Lipinski definition) is 3. The number of benzene rings is 3. The Morgan fingerprint density at radius 2 is 1.69 bits per heavy atom. The number of pyridine rings is 1. The molecule has 5 aromatic rings. The SMILES string of the molecule is CCCCc1ccc(C(=O)c2cc(-c3ccc(OC)cc3)n3c2c(C=O)cc2ccccc23)cc1. The molecule has 2 heterocycles. The van der Waals surface area contributed by atoms with Gasteiger partial charge in [0, 0.05) is 16.7 Å². The van der Waals surface area contributed by atoms with Crippen LogP contribution >= 0.6 is 0 Å². The molecule has 0 N–H and O–H groups in total. The number of rotatable bonds is 8. The number of fused-ring (bicyclic) bond motifs is 3. The van der Waals surface area contributed by atoms with Crippen LogP contribution in [0, 0.1) is 0 Å². The molecule has 0 aliphatic carbocycles. The van der Waals surface area contributed by atoms with E-state index in [1.165, 1.54) is 5.56 Å². The van der Waals surface area contributed by atoms with E-state index in [1.807, 2.05) is 89.3 Å². The van der Waals surface area contributed by atoms with E-state index in [-0.39, 0.29) is 5.78 Å². The number of methoxy groups -OCH3 is 1. The fourth-order valence-corrected chi connectivity index (χ4v) is 4.69. The zero-order chi connectivity index (χ0) is 24.4. The van der Waals surface area contributed by atoms with E-state index in [4.69, 9.17) is 4.74 Å². The Bertz CT molecular complexity index is 1530. The van der Waals surface area contributed by atoms with E-state index in [2.05, 4.69) is 6.92 Å². The van der Waals surface area contributed by atoms with Gasteiger partial charge in [-0.3, -0.25) is 9.59 Å². The molecular formula is C31H27NO3. The fourth-order valence-electron chi connectivity index (χ4n) is 4.69. The highest BCUT2D eigenvalue weighted by Gasteiger charge is 2.22. The van der Waals surface area contributed by atoms with Crippen LogP contribution in [0.15, 0.2) is 84.9 Å². The molecule has 174 valence electrons. The van der Waals surface area contributed by atoms with Crippen molar-refractivity contribution in [3.8, 4) is 17.0 Å². The highest BCUT2D eigenvalue weighted by Crippen LogP contribution is 2.34. The summed E-state index contributed by atoms with van der Waals surface area (Å²) in [7, 11) is 1.63. The molecule has 2 aromatic heterocycles. The minimum absolute atomic E-state index is 0.0947. The first-order valence-corrected chi connectivity index (χ1v) is 11.9. The Hall–Kier alpha value is -4.18. The van der Waals surface area contributed by atoms with Crippen LogP contribution in [0.2, 0.25) is 0 Å².